The Bertz CT molecular complexity index is 727. The van der Waals surface area contributed by atoms with Crippen molar-refractivity contribution in [2.24, 2.45) is 0 Å². The fourth-order valence-corrected chi connectivity index (χ4v) is 4.99. The summed E-state index contributed by atoms with van der Waals surface area (Å²) in [5.41, 5.74) is 0. The van der Waals surface area contributed by atoms with Gasteiger partial charge in [-0.15, -0.1) is 0 Å². The van der Waals surface area contributed by atoms with Gasteiger partial charge in [-0.05, 0) is 12.8 Å². The maximum Gasteiger partial charge on any atom is 0.472 e. The van der Waals surface area contributed by atoms with Crippen LogP contribution >= 0.6 is 7.82 Å². The molecule has 0 aliphatic carbocycles. The van der Waals surface area contributed by atoms with Crippen LogP contribution in [0.15, 0.2) is 0 Å². The minimum absolute atomic E-state index is 0.0355. The summed E-state index contributed by atoms with van der Waals surface area (Å²) in [6, 6.07) is 0. The molecular weight excluding hydrogens is 593 g/mol. The third-order valence-electron chi connectivity index (χ3n) is 7.39. The lowest BCUT2D eigenvalue weighted by molar-refractivity contribution is -0.870. The van der Waals surface area contributed by atoms with E-state index in [1.807, 2.05) is 21.1 Å². The summed E-state index contributed by atoms with van der Waals surface area (Å²) in [4.78, 5) is 34.7. The summed E-state index contributed by atoms with van der Waals surface area (Å²) >= 11 is 0. The highest BCUT2D eigenvalue weighted by Gasteiger charge is 2.27. The van der Waals surface area contributed by atoms with E-state index in [-0.39, 0.29) is 25.6 Å². The van der Waals surface area contributed by atoms with Gasteiger partial charge >= 0.3 is 19.8 Å². The number of hydrogen-bond acceptors (Lipinski definition) is 7. The predicted molar refractivity (Wildman–Crippen MR) is 185 cm³/mol. The van der Waals surface area contributed by atoms with Crippen molar-refractivity contribution < 1.29 is 42.1 Å². The van der Waals surface area contributed by atoms with Gasteiger partial charge in [0, 0.05) is 12.8 Å². The van der Waals surface area contributed by atoms with E-state index in [1.54, 1.807) is 0 Å². The maximum atomic E-state index is 12.5. The molecule has 270 valence electrons. The van der Waals surface area contributed by atoms with Crippen LogP contribution in [0.2, 0.25) is 0 Å². The Morgan fingerprint density at radius 2 is 1.02 bits per heavy atom. The fourth-order valence-electron chi connectivity index (χ4n) is 4.25. The lowest BCUT2D eigenvalue weighted by Gasteiger charge is -2.24. The summed E-state index contributed by atoms with van der Waals surface area (Å²) in [5.74, 6) is -0.807. The van der Waals surface area contributed by atoms with Gasteiger partial charge in [0.15, 0.2) is 6.10 Å². The summed E-state index contributed by atoms with van der Waals surface area (Å²) in [6.07, 6.45) is 21.5. The molecule has 0 bridgehead atoms. The summed E-state index contributed by atoms with van der Waals surface area (Å²) in [6.45, 7) is 8.68. The van der Waals surface area contributed by atoms with Crippen molar-refractivity contribution in [2.75, 3.05) is 47.5 Å². The summed E-state index contributed by atoms with van der Waals surface area (Å²) in [7, 11) is 1.48. The molecule has 0 aromatic carbocycles. The van der Waals surface area contributed by atoms with E-state index in [2.05, 4.69) is 27.7 Å². The summed E-state index contributed by atoms with van der Waals surface area (Å²) < 4.78 is 33.8. The number of carbonyl (C=O) groups excluding carboxylic acids is 2. The number of rotatable bonds is 30. The Kier molecular flexibility index (Phi) is 32.4. The van der Waals surface area contributed by atoms with E-state index in [9.17, 15) is 19.0 Å². The van der Waals surface area contributed by atoms with Gasteiger partial charge in [-0.1, -0.05) is 137 Å². The minimum atomic E-state index is -4.34. The zero-order chi connectivity index (χ0) is 34.2. The average molecular weight is 667 g/mol. The second-order valence-corrected chi connectivity index (χ2v) is 14.7. The van der Waals surface area contributed by atoms with Crippen LogP contribution in [-0.4, -0.2) is 74.9 Å². The van der Waals surface area contributed by atoms with E-state index >= 15 is 0 Å². The number of hydrogen-bond donors (Lipinski definition) is 1. The second kappa shape index (κ2) is 31.6. The first-order valence-corrected chi connectivity index (χ1v) is 19.7. The molecule has 45 heavy (non-hydrogen) atoms. The van der Waals surface area contributed by atoms with Gasteiger partial charge < -0.3 is 18.9 Å². The van der Waals surface area contributed by atoms with Crippen LogP contribution in [0.5, 0.6) is 0 Å². The smallest absolute Gasteiger partial charge is 0.462 e. The molecular formula is C35H73NO8P+. The van der Waals surface area contributed by atoms with Crippen molar-refractivity contribution in [3.05, 3.63) is 0 Å². The van der Waals surface area contributed by atoms with Gasteiger partial charge in [0.2, 0.25) is 0 Å². The molecule has 0 aromatic rings. The van der Waals surface area contributed by atoms with Crippen LogP contribution < -0.4 is 0 Å². The topological polar surface area (TPSA) is 108 Å². The van der Waals surface area contributed by atoms with Gasteiger partial charge in [-0.2, -0.15) is 0 Å². The minimum Gasteiger partial charge on any atom is -0.462 e. The van der Waals surface area contributed by atoms with Crippen molar-refractivity contribution in [1.82, 2.24) is 0 Å². The number of carbonyl (C=O) groups is 2. The Balaban J connectivity index is 0. The van der Waals surface area contributed by atoms with Crippen molar-refractivity contribution >= 4 is 19.8 Å². The van der Waals surface area contributed by atoms with E-state index in [4.69, 9.17) is 18.5 Å². The molecule has 1 unspecified atom stereocenters. The van der Waals surface area contributed by atoms with Crippen LogP contribution in [0, 0.1) is 0 Å². The largest absolute Gasteiger partial charge is 0.472 e. The zero-order valence-electron chi connectivity index (χ0n) is 30.5. The molecule has 0 saturated heterocycles. The third kappa shape index (κ3) is 37.3. The van der Waals surface area contributed by atoms with Gasteiger partial charge in [0.05, 0.1) is 27.7 Å². The van der Waals surface area contributed by atoms with Gasteiger partial charge in [-0.25, -0.2) is 4.57 Å². The number of phosphoric ester groups is 1. The zero-order valence-corrected chi connectivity index (χ0v) is 31.3. The van der Waals surface area contributed by atoms with Crippen molar-refractivity contribution in [1.29, 1.82) is 0 Å². The van der Waals surface area contributed by atoms with Gasteiger partial charge in [0.1, 0.15) is 19.8 Å². The number of phosphoric acid groups is 1. The number of quaternary nitrogens is 1. The number of likely N-dealkylation sites (N-methyl/N-ethyl adjacent to an activating group) is 1. The molecule has 0 aromatic heterocycles. The molecule has 0 spiro atoms. The molecule has 0 aliphatic heterocycles. The molecule has 1 N–H and O–H groups in total. The monoisotopic (exact) mass is 667 g/mol. The number of esters is 2. The summed E-state index contributed by atoms with van der Waals surface area (Å²) in [5, 5.41) is 0. The molecule has 0 heterocycles. The Morgan fingerprint density at radius 1 is 0.600 bits per heavy atom. The first-order valence-electron chi connectivity index (χ1n) is 18.2. The second-order valence-electron chi connectivity index (χ2n) is 13.2. The lowest BCUT2D eigenvalue weighted by atomic mass is 10.1. The lowest BCUT2D eigenvalue weighted by Crippen LogP contribution is -2.37. The standard InChI is InChI=1S/C31H62NO8P.C4H10/c1-6-8-10-12-14-15-16-17-18-20-22-24-31(34)40-29(27-37-30(33)23-21-19-13-11-9-7-2)28-39-41(35,36)38-26-25-32(3,4)5;1-3-4-2/h29H,6-28H2,1-5H3;3-4H2,1-2H3/p+1/t29-;/m0./s1. The van der Waals surface area contributed by atoms with Gasteiger partial charge in [0.25, 0.3) is 0 Å². The Labute approximate surface area is 277 Å². The SMILES string of the molecule is CCCC.CCCCCCCCCCCCCC(=O)O[C@@H](COC(=O)CCCCCCCC)COP(=O)(O)OCC[N+](C)(C)C. The molecule has 0 rings (SSSR count). The number of ether oxygens (including phenoxy) is 2. The van der Waals surface area contributed by atoms with Crippen LogP contribution in [0.3, 0.4) is 0 Å². The van der Waals surface area contributed by atoms with Crippen LogP contribution in [0.1, 0.15) is 163 Å². The van der Waals surface area contributed by atoms with Crippen LogP contribution in [0.25, 0.3) is 0 Å². The average Bonchev–Trinajstić information content (AvgIpc) is 2.98. The molecule has 0 fully saturated rings. The van der Waals surface area contributed by atoms with E-state index < -0.39 is 26.5 Å². The van der Waals surface area contributed by atoms with Crippen LogP contribution in [0.4, 0.5) is 0 Å². The van der Waals surface area contributed by atoms with E-state index in [1.165, 1.54) is 77.0 Å². The normalized spacial score (nSPS) is 13.4. The predicted octanol–water partition coefficient (Wildman–Crippen LogP) is 9.54. The highest BCUT2D eigenvalue weighted by atomic mass is 31.2. The van der Waals surface area contributed by atoms with Crippen molar-refractivity contribution in [2.45, 2.75) is 169 Å². The van der Waals surface area contributed by atoms with E-state index in [0.717, 1.165) is 38.5 Å². The first-order chi connectivity index (χ1) is 21.4. The fraction of sp³-hybridized carbons (Fsp3) is 0.943. The van der Waals surface area contributed by atoms with Crippen LogP contribution in [-0.2, 0) is 32.7 Å². The molecule has 0 saturated carbocycles. The van der Waals surface area contributed by atoms with Crippen molar-refractivity contribution in [3.8, 4) is 0 Å². The Morgan fingerprint density at radius 3 is 1.44 bits per heavy atom. The molecule has 0 amide bonds. The molecule has 10 heteroatoms. The molecule has 9 nitrogen and oxygen atoms in total. The Hall–Kier alpha value is -0.990. The van der Waals surface area contributed by atoms with Crippen molar-refractivity contribution in [3.63, 3.8) is 0 Å². The molecule has 2 atom stereocenters. The highest BCUT2D eigenvalue weighted by Crippen LogP contribution is 2.43. The van der Waals surface area contributed by atoms with Gasteiger partial charge in [-0.3, -0.25) is 18.6 Å². The number of nitrogens with zero attached hydrogens (tertiary/aromatic N) is 1. The molecule has 0 aliphatic rings. The first kappa shape index (κ1) is 46.1. The quantitative estimate of drug-likeness (QED) is 0.0350. The van der Waals surface area contributed by atoms with E-state index in [0.29, 0.717) is 23.9 Å². The maximum absolute atomic E-state index is 12.5. The number of unbranched alkanes of at least 4 members (excludes halogenated alkanes) is 16. The third-order valence-corrected chi connectivity index (χ3v) is 8.37. The molecule has 0 radical (unpaired) electrons. The highest BCUT2D eigenvalue weighted by molar-refractivity contribution is 7.47.